The molecule has 1 fully saturated rings. The van der Waals surface area contributed by atoms with E-state index in [2.05, 4.69) is 33.8 Å². The van der Waals surface area contributed by atoms with Crippen LogP contribution in [0.15, 0.2) is 11.6 Å². The molecule has 0 aromatic rings. The van der Waals surface area contributed by atoms with Gasteiger partial charge in [0.15, 0.2) is 0 Å². The van der Waals surface area contributed by atoms with E-state index in [4.69, 9.17) is 4.74 Å². The Balaban J connectivity index is 2.02. The van der Waals surface area contributed by atoms with Crippen molar-refractivity contribution in [3.63, 3.8) is 0 Å². The molecule has 2 aliphatic rings. The van der Waals surface area contributed by atoms with Crippen LogP contribution < -0.4 is 0 Å². The Labute approximate surface area is 113 Å². The zero-order valence-corrected chi connectivity index (χ0v) is 12.7. The average molecular weight is 250 g/mol. The molecule has 0 amide bonds. The molecule has 104 valence electrons. The van der Waals surface area contributed by atoms with Crippen LogP contribution >= 0.6 is 0 Å². The fraction of sp³-hybridized carbons (Fsp3) is 0.882. The summed E-state index contributed by atoms with van der Waals surface area (Å²) in [5.41, 5.74) is 2.05. The molecule has 0 saturated heterocycles. The Morgan fingerprint density at radius 1 is 1.44 bits per heavy atom. The summed E-state index contributed by atoms with van der Waals surface area (Å²) >= 11 is 0. The van der Waals surface area contributed by atoms with Crippen LogP contribution in [-0.2, 0) is 4.74 Å². The second-order valence-corrected chi connectivity index (χ2v) is 7.10. The fourth-order valence-corrected chi connectivity index (χ4v) is 3.73. The number of hydrogen-bond donors (Lipinski definition) is 0. The third-order valence-electron chi connectivity index (χ3n) is 5.27. The van der Waals surface area contributed by atoms with E-state index in [0.717, 1.165) is 31.0 Å². The molecule has 1 nitrogen and oxygen atoms in total. The highest BCUT2D eigenvalue weighted by molar-refractivity contribution is 5.13. The number of allylic oxidation sites excluding steroid dienone is 2. The molecular weight excluding hydrogens is 220 g/mol. The van der Waals surface area contributed by atoms with E-state index in [1.165, 1.54) is 32.1 Å². The first kappa shape index (κ1) is 14.1. The van der Waals surface area contributed by atoms with Crippen LogP contribution in [0.2, 0.25) is 0 Å². The number of fused-ring (bicyclic) bond motifs is 2. The van der Waals surface area contributed by atoms with Gasteiger partial charge in [-0.3, -0.25) is 0 Å². The van der Waals surface area contributed by atoms with Gasteiger partial charge in [0, 0.05) is 6.61 Å². The van der Waals surface area contributed by atoms with Crippen molar-refractivity contribution in [3.8, 4) is 0 Å². The summed E-state index contributed by atoms with van der Waals surface area (Å²) in [7, 11) is 0. The van der Waals surface area contributed by atoms with Gasteiger partial charge in [-0.1, -0.05) is 32.4 Å². The van der Waals surface area contributed by atoms with E-state index >= 15 is 0 Å². The highest BCUT2D eigenvalue weighted by Crippen LogP contribution is 2.44. The predicted molar refractivity (Wildman–Crippen MR) is 77.6 cm³/mol. The summed E-state index contributed by atoms with van der Waals surface area (Å²) in [6.07, 6.45) is 9.70. The van der Waals surface area contributed by atoms with Crippen molar-refractivity contribution in [1.29, 1.82) is 0 Å². The fourth-order valence-electron chi connectivity index (χ4n) is 3.73. The number of ether oxygens (including phenoxy) is 1. The van der Waals surface area contributed by atoms with Crippen molar-refractivity contribution in [1.82, 2.24) is 0 Å². The average Bonchev–Trinajstić information content (AvgIpc) is 2.35. The van der Waals surface area contributed by atoms with E-state index in [1.54, 1.807) is 5.57 Å². The lowest BCUT2D eigenvalue weighted by molar-refractivity contribution is 0.0218. The van der Waals surface area contributed by atoms with Crippen molar-refractivity contribution in [2.24, 2.45) is 23.2 Å². The smallest absolute Gasteiger partial charge is 0.0519 e. The monoisotopic (exact) mass is 250 g/mol. The van der Waals surface area contributed by atoms with Crippen LogP contribution in [0.4, 0.5) is 0 Å². The Morgan fingerprint density at radius 3 is 2.89 bits per heavy atom. The SMILES string of the molecule is CCOCC(C)(C)C(C)C1C=C2CCCC(C2)C1. The predicted octanol–water partition coefficient (Wildman–Crippen LogP) is 4.82. The molecule has 0 spiro atoms. The Bertz CT molecular complexity index is 303. The van der Waals surface area contributed by atoms with E-state index < -0.39 is 0 Å². The largest absolute Gasteiger partial charge is 0.381 e. The van der Waals surface area contributed by atoms with Crippen molar-refractivity contribution < 1.29 is 4.74 Å². The third-order valence-corrected chi connectivity index (χ3v) is 5.27. The van der Waals surface area contributed by atoms with Crippen molar-refractivity contribution in [2.45, 2.75) is 59.8 Å². The zero-order chi connectivity index (χ0) is 13.2. The third kappa shape index (κ3) is 3.17. The molecule has 2 bridgehead atoms. The minimum absolute atomic E-state index is 0.295. The zero-order valence-electron chi connectivity index (χ0n) is 12.7. The molecule has 3 unspecified atom stereocenters. The summed E-state index contributed by atoms with van der Waals surface area (Å²) < 4.78 is 5.68. The summed E-state index contributed by atoms with van der Waals surface area (Å²) in [6, 6.07) is 0. The van der Waals surface area contributed by atoms with Gasteiger partial charge in [-0.15, -0.1) is 0 Å². The van der Waals surface area contributed by atoms with Gasteiger partial charge in [-0.05, 0) is 62.2 Å². The van der Waals surface area contributed by atoms with Gasteiger partial charge in [0.1, 0.15) is 0 Å². The summed E-state index contributed by atoms with van der Waals surface area (Å²) in [5, 5.41) is 0. The molecule has 18 heavy (non-hydrogen) atoms. The Kier molecular flexibility index (Phi) is 4.53. The minimum Gasteiger partial charge on any atom is -0.381 e. The highest BCUT2D eigenvalue weighted by Gasteiger charge is 2.35. The summed E-state index contributed by atoms with van der Waals surface area (Å²) in [6.45, 7) is 11.0. The molecule has 0 aliphatic heterocycles. The van der Waals surface area contributed by atoms with Crippen LogP contribution in [0.1, 0.15) is 59.8 Å². The van der Waals surface area contributed by atoms with Gasteiger partial charge in [-0.2, -0.15) is 0 Å². The molecular formula is C17H30O. The first-order valence-electron chi connectivity index (χ1n) is 7.80. The molecule has 2 aliphatic carbocycles. The first-order chi connectivity index (χ1) is 8.53. The maximum absolute atomic E-state index is 5.68. The lowest BCUT2D eigenvalue weighted by Gasteiger charge is -2.41. The highest BCUT2D eigenvalue weighted by atomic mass is 16.5. The van der Waals surface area contributed by atoms with E-state index in [0.29, 0.717) is 5.41 Å². The summed E-state index contributed by atoms with van der Waals surface area (Å²) in [4.78, 5) is 0. The lowest BCUT2D eigenvalue weighted by atomic mass is 9.65. The number of rotatable bonds is 5. The van der Waals surface area contributed by atoms with Gasteiger partial charge >= 0.3 is 0 Å². The van der Waals surface area contributed by atoms with Crippen LogP contribution in [0, 0.1) is 23.2 Å². The van der Waals surface area contributed by atoms with Gasteiger partial charge in [0.2, 0.25) is 0 Å². The lowest BCUT2D eigenvalue weighted by Crippen LogP contribution is -2.34. The van der Waals surface area contributed by atoms with Crippen molar-refractivity contribution in [2.75, 3.05) is 13.2 Å². The van der Waals surface area contributed by atoms with Crippen LogP contribution in [0.3, 0.4) is 0 Å². The molecule has 1 saturated carbocycles. The molecule has 0 radical (unpaired) electrons. The number of hydrogen-bond acceptors (Lipinski definition) is 1. The van der Waals surface area contributed by atoms with Gasteiger partial charge in [-0.25, -0.2) is 0 Å². The van der Waals surface area contributed by atoms with E-state index in [1.807, 2.05) is 0 Å². The molecule has 2 rings (SSSR count). The van der Waals surface area contributed by atoms with Crippen LogP contribution in [0.25, 0.3) is 0 Å². The molecule has 0 aromatic heterocycles. The van der Waals surface area contributed by atoms with Crippen LogP contribution in [-0.4, -0.2) is 13.2 Å². The second-order valence-electron chi connectivity index (χ2n) is 7.10. The van der Waals surface area contributed by atoms with Crippen LogP contribution in [0.5, 0.6) is 0 Å². The van der Waals surface area contributed by atoms with E-state index in [9.17, 15) is 0 Å². The topological polar surface area (TPSA) is 9.23 Å². The molecule has 1 heteroatoms. The second kappa shape index (κ2) is 5.77. The van der Waals surface area contributed by atoms with Gasteiger partial charge in [0.25, 0.3) is 0 Å². The minimum atomic E-state index is 0.295. The quantitative estimate of drug-likeness (QED) is 0.636. The molecule has 0 N–H and O–H groups in total. The summed E-state index contributed by atoms with van der Waals surface area (Å²) in [5.74, 6) is 2.49. The molecule has 3 atom stereocenters. The first-order valence-corrected chi connectivity index (χ1v) is 7.80. The maximum atomic E-state index is 5.68. The van der Waals surface area contributed by atoms with E-state index in [-0.39, 0.29) is 0 Å². The van der Waals surface area contributed by atoms with Crippen molar-refractivity contribution in [3.05, 3.63) is 11.6 Å². The molecule has 0 aromatic carbocycles. The van der Waals surface area contributed by atoms with Crippen molar-refractivity contribution >= 4 is 0 Å². The Hall–Kier alpha value is -0.300. The Morgan fingerprint density at radius 2 is 2.22 bits per heavy atom. The molecule has 0 heterocycles. The maximum Gasteiger partial charge on any atom is 0.0519 e. The normalized spacial score (nSPS) is 29.9. The van der Waals surface area contributed by atoms with Gasteiger partial charge in [0.05, 0.1) is 6.61 Å². The van der Waals surface area contributed by atoms with Gasteiger partial charge < -0.3 is 4.74 Å². The standard InChI is InChI=1S/C17H30O/c1-5-18-12-17(3,4)13(2)16-10-14-7-6-8-15(9-14)11-16/h10,13,15-16H,5-9,11-12H2,1-4H3.